The topological polar surface area (TPSA) is 84.7 Å². The number of nitrogens with zero attached hydrogens (tertiary/aromatic N) is 1. The van der Waals surface area contributed by atoms with E-state index in [2.05, 4.69) is 21.4 Å². The molecule has 3 rings (SSSR count). The molecule has 1 aromatic carbocycles. The van der Waals surface area contributed by atoms with Gasteiger partial charge < -0.3 is 25.5 Å². The molecule has 0 atom stereocenters. The fraction of sp³-hybridized carbons (Fsp3) is 0.571. The van der Waals surface area contributed by atoms with E-state index >= 15 is 0 Å². The van der Waals surface area contributed by atoms with Gasteiger partial charge in [-0.2, -0.15) is 0 Å². The van der Waals surface area contributed by atoms with Gasteiger partial charge in [-0.1, -0.05) is 25.7 Å². The predicted molar refractivity (Wildman–Crippen MR) is 126 cm³/mol. The molecule has 0 spiro atoms. The summed E-state index contributed by atoms with van der Waals surface area (Å²) in [5.41, 5.74) is 8.26. The third-order valence-electron chi connectivity index (χ3n) is 5.28. The Bertz CT molecular complexity index is 767. The smallest absolute Gasteiger partial charge is 0.188 e. The van der Waals surface area contributed by atoms with Crippen LogP contribution in [0.2, 0.25) is 0 Å². The monoisotopic (exact) mass is 500 g/mol. The number of hydrogen-bond donors (Lipinski definition) is 3. The Labute approximate surface area is 184 Å². The minimum absolute atomic E-state index is 0. The van der Waals surface area contributed by atoms with Gasteiger partial charge in [0.15, 0.2) is 5.96 Å². The first-order chi connectivity index (χ1) is 13.2. The summed E-state index contributed by atoms with van der Waals surface area (Å²) in [7, 11) is 3.34. The summed E-state index contributed by atoms with van der Waals surface area (Å²) in [6, 6.07) is 6.54. The quantitative estimate of drug-likeness (QED) is 0.173. The van der Waals surface area contributed by atoms with Crippen LogP contribution in [0.3, 0.4) is 0 Å². The van der Waals surface area contributed by atoms with E-state index in [0.717, 1.165) is 41.8 Å². The molecular weight excluding hydrogens is 467 g/mol. The Morgan fingerprint density at radius 2 is 1.89 bits per heavy atom. The standard InChI is InChI=1S/C21H32N4O2.HI/c1-26-17-13-19-18(20(14-17)27-2)12-16(24-19)10-7-11-23-21(22)25-15-8-5-3-4-6-9-15;/h12-15,24H,3-11H2,1-2H3,(H3,22,23,25);1H. The second-order valence-electron chi connectivity index (χ2n) is 7.29. The second-order valence-corrected chi connectivity index (χ2v) is 7.29. The Kier molecular flexibility index (Phi) is 9.21. The number of guanidine groups is 1. The van der Waals surface area contributed by atoms with Gasteiger partial charge in [0.05, 0.1) is 19.7 Å². The summed E-state index contributed by atoms with van der Waals surface area (Å²) in [5, 5.41) is 4.47. The van der Waals surface area contributed by atoms with Gasteiger partial charge in [0, 0.05) is 35.8 Å². The van der Waals surface area contributed by atoms with Crippen LogP contribution >= 0.6 is 24.0 Å². The van der Waals surface area contributed by atoms with Crippen LogP contribution in [0.4, 0.5) is 0 Å². The van der Waals surface area contributed by atoms with Crippen molar-refractivity contribution in [3.8, 4) is 11.5 Å². The lowest BCUT2D eigenvalue weighted by Gasteiger charge is -2.16. The summed E-state index contributed by atoms with van der Waals surface area (Å²) in [6.45, 7) is 0.724. The first-order valence-corrected chi connectivity index (χ1v) is 9.99. The molecule has 1 fully saturated rings. The number of aryl methyl sites for hydroxylation is 1. The summed E-state index contributed by atoms with van der Waals surface area (Å²) >= 11 is 0. The molecule has 1 aliphatic carbocycles. The van der Waals surface area contributed by atoms with E-state index in [4.69, 9.17) is 15.2 Å². The van der Waals surface area contributed by atoms with Gasteiger partial charge in [-0.3, -0.25) is 4.99 Å². The number of halogens is 1. The van der Waals surface area contributed by atoms with Crippen LogP contribution in [-0.4, -0.2) is 37.7 Å². The van der Waals surface area contributed by atoms with E-state index in [9.17, 15) is 0 Å². The minimum Gasteiger partial charge on any atom is -0.497 e. The summed E-state index contributed by atoms with van der Waals surface area (Å²) in [5.74, 6) is 2.20. The molecule has 0 saturated heterocycles. The zero-order valence-corrected chi connectivity index (χ0v) is 19.3. The van der Waals surface area contributed by atoms with Gasteiger partial charge >= 0.3 is 0 Å². The normalized spacial score (nSPS) is 15.7. The van der Waals surface area contributed by atoms with Crippen molar-refractivity contribution in [3.05, 3.63) is 23.9 Å². The molecule has 6 nitrogen and oxygen atoms in total. The lowest BCUT2D eigenvalue weighted by molar-refractivity contribution is 0.398. The van der Waals surface area contributed by atoms with E-state index in [-0.39, 0.29) is 24.0 Å². The SMILES string of the molecule is COc1cc(OC)c2cc(CCCN=C(N)NC3CCCCCC3)[nH]c2c1.I. The highest BCUT2D eigenvalue weighted by atomic mass is 127. The Hall–Kier alpha value is -1.64. The predicted octanol–water partition coefficient (Wildman–Crippen LogP) is 4.36. The van der Waals surface area contributed by atoms with Crippen LogP contribution in [0.15, 0.2) is 23.2 Å². The van der Waals surface area contributed by atoms with Gasteiger partial charge in [0.25, 0.3) is 0 Å². The second kappa shape index (κ2) is 11.4. The fourth-order valence-corrected chi connectivity index (χ4v) is 3.81. The number of fused-ring (bicyclic) bond motifs is 1. The van der Waals surface area contributed by atoms with Gasteiger partial charge in [0.1, 0.15) is 11.5 Å². The maximum Gasteiger partial charge on any atom is 0.188 e. The third-order valence-corrected chi connectivity index (χ3v) is 5.28. The average Bonchev–Trinajstić information content (AvgIpc) is 2.92. The van der Waals surface area contributed by atoms with Gasteiger partial charge in [-0.15, -0.1) is 24.0 Å². The van der Waals surface area contributed by atoms with Crippen molar-refractivity contribution in [1.29, 1.82) is 0 Å². The molecule has 1 aromatic heterocycles. The van der Waals surface area contributed by atoms with Crippen LogP contribution in [0.1, 0.15) is 50.6 Å². The number of aromatic amines is 1. The largest absolute Gasteiger partial charge is 0.497 e. The molecule has 2 aromatic rings. The molecule has 28 heavy (non-hydrogen) atoms. The van der Waals surface area contributed by atoms with Crippen LogP contribution in [0, 0.1) is 0 Å². The molecule has 0 radical (unpaired) electrons. The number of nitrogens with two attached hydrogens (primary N) is 1. The van der Waals surface area contributed by atoms with Crippen molar-refractivity contribution in [2.45, 2.75) is 57.4 Å². The molecule has 0 aliphatic heterocycles. The Morgan fingerprint density at radius 3 is 2.57 bits per heavy atom. The third kappa shape index (κ3) is 6.18. The molecule has 1 heterocycles. The van der Waals surface area contributed by atoms with E-state index in [1.54, 1.807) is 14.2 Å². The van der Waals surface area contributed by atoms with Crippen LogP contribution in [0.5, 0.6) is 11.5 Å². The molecule has 7 heteroatoms. The lowest BCUT2D eigenvalue weighted by atomic mass is 10.1. The Morgan fingerprint density at radius 1 is 1.14 bits per heavy atom. The van der Waals surface area contributed by atoms with Gasteiger partial charge in [0.2, 0.25) is 0 Å². The van der Waals surface area contributed by atoms with Gasteiger partial charge in [-0.05, 0) is 31.7 Å². The molecule has 0 amide bonds. The van der Waals surface area contributed by atoms with Gasteiger partial charge in [-0.25, -0.2) is 0 Å². The molecule has 156 valence electrons. The lowest BCUT2D eigenvalue weighted by Crippen LogP contribution is -2.39. The number of H-pyrrole nitrogens is 1. The number of aromatic nitrogens is 1. The highest BCUT2D eigenvalue weighted by Gasteiger charge is 2.12. The van der Waals surface area contributed by atoms with Crippen LogP contribution in [-0.2, 0) is 6.42 Å². The first-order valence-electron chi connectivity index (χ1n) is 9.99. The number of aliphatic imine (C=N–C) groups is 1. The number of rotatable bonds is 7. The Balaban J connectivity index is 0.00000280. The zero-order valence-electron chi connectivity index (χ0n) is 16.9. The van der Waals surface area contributed by atoms with Crippen molar-refractivity contribution < 1.29 is 9.47 Å². The van der Waals surface area contributed by atoms with Crippen LogP contribution in [0.25, 0.3) is 10.9 Å². The van der Waals surface area contributed by atoms with E-state index in [1.807, 2.05) is 12.1 Å². The maximum absolute atomic E-state index is 6.07. The fourth-order valence-electron chi connectivity index (χ4n) is 3.81. The van der Waals surface area contributed by atoms with E-state index < -0.39 is 0 Å². The summed E-state index contributed by atoms with van der Waals surface area (Å²) in [4.78, 5) is 7.95. The van der Waals surface area contributed by atoms with Crippen molar-refractivity contribution in [1.82, 2.24) is 10.3 Å². The zero-order chi connectivity index (χ0) is 19.1. The molecular formula is C21H33IN4O2. The number of benzene rings is 1. The number of methoxy groups -OCH3 is 2. The summed E-state index contributed by atoms with van der Waals surface area (Å²) < 4.78 is 10.8. The van der Waals surface area contributed by atoms with Crippen molar-refractivity contribution in [2.75, 3.05) is 20.8 Å². The van der Waals surface area contributed by atoms with Crippen molar-refractivity contribution >= 4 is 40.8 Å². The number of nitrogens with one attached hydrogen (secondary N) is 2. The van der Waals surface area contributed by atoms with E-state index in [1.165, 1.54) is 44.2 Å². The molecule has 0 bridgehead atoms. The average molecular weight is 500 g/mol. The van der Waals surface area contributed by atoms with E-state index in [0.29, 0.717) is 12.0 Å². The summed E-state index contributed by atoms with van der Waals surface area (Å²) in [6.07, 6.45) is 9.54. The molecule has 0 unspecified atom stereocenters. The van der Waals surface area contributed by atoms with Crippen molar-refractivity contribution in [2.24, 2.45) is 10.7 Å². The maximum atomic E-state index is 6.07. The van der Waals surface area contributed by atoms with Crippen molar-refractivity contribution in [3.63, 3.8) is 0 Å². The minimum atomic E-state index is 0. The van der Waals surface area contributed by atoms with Crippen LogP contribution < -0.4 is 20.5 Å². The highest BCUT2D eigenvalue weighted by Crippen LogP contribution is 2.31. The number of ether oxygens (including phenoxy) is 2. The first kappa shape index (κ1) is 22.6. The molecule has 4 N–H and O–H groups in total. The molecule has 1 saturated carbocycles. The number of hydrogen-bond acceptors (Lipinski definition) is 3. The molecule has 1 aliphatic rings. The highest BCUT2D eigenvalue weighted by molar-refractivity contribution is 14.0.